The van der Waals surface area contributed by atoms with Crippen LogP contribution in [0.3, 0.4) is 0 Å². The minimum atomic E-state index is -1.58. The summed E-state index contributed by atoms with van der Waals surface area (Å²) in [5.74, 6) is -4.81. The van der Waals surface area contributed by atoms with Gasteiger partial charge in [0.25, 0.3) is 0 Å². The molecule has 0 radical (unpaired) electrons. The second-order valence-electron chi connectivity index (χ2n) is 11.0. The monoisotopic (exact) mass is 572 g/mol. The summed E-state index contributed by atoms with van der Waals surface area (Å²) >= 11 is 0. The molecule has 2 fully saturated rings. The molecule has 0 aromatic rings. The highest BCUT2D eigenvalue weighted by atomic mass is 16.6. The first kappa shape index (κ1) is 34.9. The summed E-state index contributed by atoms with van der Waals surface area (Å²) < 4.78 is 10.0. The number of aliphatic carboxylic acids is 2. The number of likely N-dealkylation sites (N-methyl/N-ethyl adjacent to an activating group) is 1. The van der Waals surface area contributed by atoms with Gasteiger partial charge in [-0.05, 0) is 57.5 Å². The molecule has 0 aromatic heterocycles. The predicted octanol–water partition coefficient (Wildman–Crippen LogP) is -0.126. The Balaban J connectivity index is 0.000000850. The number of esters is 3. The van der Waals surface area contributed by atoms with Crippen LogP contribution in [0.4, 0.5) is 0 Å². The zero-order valence-corrected chi connectivity index (χ0v) is 23.9. The molecule has 0 bridgehead atoms. The molecule has 2 heterocycles. The van der Waals surface area contributed by atoms with Crippen molar-refractivity contribution < 1.29 is 48.5 Å². The van der Waals surface area contributed by atoms with Crippen LogP contribution < -0.4 is 16.4 Å². The number of ether oxygens (including phenoxy) is 2. The van der Waals surface area contributed by atoms with Crippen molar-refractivity contribution in [3.63, 3.8) is 0 Å². The summed E-state index contributed by atoms with van der Waals surface area (Å²) in [7, 11) is 1.48. The second kappa shape index (κ2) is 16.9. The van der Waals surface area contributed by atoms with Gasteiger partial charge in [-0.1, -0.05) is 27.7 Å². The summed E-state index contributed by atoms with van der Waals surface area (Å²) in [6, 6.07) is -3.06. The van der Waals surface area contributed by atoms with Crippen LogP contribution in [0.25, 0.3) is 0 Å². The molecule has 0 saturated carbocycles. The molecule has 14 nitrogen and oxygen atoms in total. The quantitative estimate of drug-likeness (QED) is 0.144. The van der Waals surface area contributed by atoms with Crippen LogP contribution in [-0.2, 0) is 38.2 Å². The Morgan fingerprint density at radius 3 is 2.05 bits per heavy atom. The van der Waals surface area contributed by atoms with Crippen LogP contribution in [0.15, 0.2) is 0 Å². The maximum Gasteiger partial charge on any atom is 0.346 e. The number of hydrogen-bond donors (Lipinski definition) is 5. The molecule has 6 N–H and O–H groups in total. The zero-order valence-electron chi connectivity index (χ0n) is 23.9. The average Bonchev–Trinajstić information content (AvgIpc) is 3.54. The number of carboxylic acid groups (broad SMARTS) is 2. The molecule has 1 unspecified atom stereocenters. The van der Waals surface area contributed by atoms with Gasteiger partial charge in [0.2, 0.25) is 12.0 Å². The number of amides is 1. The molecule has 2 rings (SSSR count). The van der Waals surface area contributed by atoms with E-state index in [0.29, 0.717) is 6.42 Å². The predicted molar refractivity (Wildman–Crippen MR) is 142 cm³/mol. The first-order valence-electron chi connectivity index (χ1n) is 13.5. The normalized spacial score (nSPS) is 20.8. The molecule has 228 valence electrons. The Hall–Kier alpha value is -3.10. The van der Waals surface area contributed by atoms with Gasteiger partial charge in [-0.2, -0.15) is 0 Å². The average molecular weight is 573 g/mol. The van der Waals surface area contributed by atoms with E-state index in [1.54, 1.807) is 0 Å². The Morgan fingerprint density at radius 2 is 1.62 bits per heavy atom. The summed E-state index contributed by atoms with van der Waals surface area (Å²) in [6.45, 7) is 8.02. The van der Waals surface area contributed by atoms with Crippen molar-refractivity contribution in [3.05, 3.63) is 0 Å². The number of carbonyl (C=O) groups excluding carboxylic acids is 4. The molecule has 1 amide bonds. The largest absolute Gasteiger partial charge is 0.480 e. The molecule has 0 aliphatic carbocycles. The third kappa shape index (κ3) is 12.4. The van der Waals surface area contributed by atoms with Crippen LogP contribution in [0.5, 0.6) is 0 Å². The smallest absolute Gasteiger partial charge is 0.346 e. The third-order valence-corrected chi connectivity index (χ3v) is 6.35. The highest BCUT2D eigenvalue weighted by molar-refractivity contribution is 5.91. The minimum absolute atomic E-state index is 0.0222. The number of carboxylic acids is 2. The van der Waals surface area contributed by atoms with E-state index in [1.807, 2.05) is 27.7 Å². The van der Waals surface area contributed by atoms with Crippen molar-refractivity contribution in [2.75, 3.05) is 20.1 Å². The van der Waals surface area contributed by atoms with Crippen LogP contribution >= 0.6 is 0 Å². The van der Waals surface area contributed by atoms with Crippen LogP contribution in [0.2, 0.25) is 0 Å². The molecule has 14 heteroatoms. The lowest BCUT2D eigenvalue weighted by Crippen LogP contribution is -2.49. The molecule has 40 heavy (non-hydrogen) atoms. The number of carbonyl (C=O) groups is 6. The fourth-order valence-electron chi connectivity index (χ4n) is 4.21. The van der Waals surface area contributed by atoms with Crippen molar-refractivity contribution in [1.82, 2.24) is 15.5 Å². The van der Waals surface area contributed by atoms with Gasteiger partial charge in [0.15, 0.2) is 0 Å². The highest BCUT2D eigenvalue weighted by Crippen LogP contribution is 2.16. The van der Waals surface area contributed by atoms with E-state index in [9.17, 15) is 33.9 Å². The number of nitrogens with zero attached hydrogens (tertiary/aromatic N) is 1. The number of hydrogen-bond acceptors (Lipinski definition) is 11. The molecule has 2 saturated heterocycles. The van der Waals surface area contributed by atoms with Gasteiger partial charge in [0.05, 0.1) is 0 Å². The van der Waals surface area contributed by atoms with E-state index in [2.05, 4.69) is 10.6 Å². The maximum absolute atomic E-state index is 12.7. The lowest BCUT2D eigenvalue weighted by molar-refractivity contribution is -0.170. The SMILES string of the molecule is CC(C)C[C@H](N)C(=O)OC(=O)[C@H](CC(C)C)N(C)CC(OC(=O)[C@@H]1CCC(=O)N1)C(=O)O.O=C(O)[C@@H]1CCCN1. The lowest BCUT2D eigenvalue weighted by Gasteiger charge is -2.29. The summed E-state index contributed by atoms with van der Waals surface area (Å²) in [6.07, 6.45) is 1.22. The molecule has 2 aliphatic heterocycles. The van der Waals surface area contributed by atoms with E-state index in [1.165, 1.54) is 11.9 Å². The molecular formula is C26H44N4O10. The van der Waals surface area contributed by atoms with Crippen molar-refractivity contribution in [2.24, 2.45) is 17.6 Å². The van der Waals surface area contributed by atoms with Gasteiger partial charge in [-0.25, -0.2) is 19.2 Å². The van der Waals surface area contributed by atoms with E-state index >= 15 is 0 Å². The van der Waals surface area contributed by atoms with Gasteiger partial charge >= 0.3 is 29.8 Å². The third-order valence-electron chi connectivity index (χ3n) is 6.35. The molecule has 0 spiro atoms. The second-order valence-corrected chi connectivity index (χ2v) is 11.0. The Kier molecular flexibility index (Phi) is 14.7. The molecule has 0 aromatic carbocycles. The van der Waals surface area contributed by atoms with E-state index in [-0.39, 0.29) is 49.6 Å². The van der Waals surface area contributed by atoms with E-state index < -0.39 is 54.1 Å². The standard InChI is InChI=1S/C21H35N3O8.C5H9NO2/c1-11(2)8-13(22)19(28)32-21(30)15(9-12(3)4)24(5)10-16(18(26)27)31-20(29)14-6-7-17(25)23-14;7-5(8)4-2-1-3-6-4/h11-16H,6-10,22H2,1-5H3,(H,23,25)(H,26,27);4,6H,1-3H2,(H,7,8)/t13-,14-,15-,16?;4-/m00/s1. The molecule has 5 atom stereocenters. The van der Waals surface area contributed by atoms with Crippen LogP contribution in [-0.4, -0.2) is 101 Å². The van der Waals surface area contributed by atoms with Crippen molar-refractivity contribution in [2.45, 2.75) is 96.5 Å². The Bertz CT molecular complexity index is 904. The lowest BCUT2D eigenvalue weighted by atomic mass is 10.0. The fourth-order valence-corrected chi connectivity index (χ4v) is 4.21. The fraction of sp³-hybridized carbons (Fsp3) is 0.769. The van der Waals surface area contributed by atoms with Gasteiger partial charge in [0, 0.05) is 13.0 Å². The van der Waals surface area contributed by atoms with Gasteiger partial charge in [-0.15, -0.1) is 0 Å². The van der Waals surface area contributed by atoms with Gasteiger partial charge in [-0.3, -0.25) is 14.5 Å². The minimum Gasteiger partial charge on any atom is -0.480 e. The Labute approximate surface area is 234 Å². The van der Waals surface area contributed by atoms with Crippen molar-refractivity contribution in [1.29, 1.82) is 0 Å². The van der Waals surface area contributed by atoms with Gasteiger partial charge < -0.3 is 36.1 Å². The molecular weight excluding hydrogens is 528 g/mol. The van der Waals surface area contributed by atoms with Crippen molar-refractivity contribution in [3.8, 4) is 0 Å². The zero-order chi connectivity index (χ0) is 30.6. The Morgan fingerprint density at radius 1 is 1.00 bits per heavy atom. The first-order chi connectivity index (χ1) is 18.6. The molecule has 2 aliphatic rings. The van der Waals surface area contributed by atoms with E-state index in [0.717, 1.165) is 19.4 Å². The summed E-state index contributed by atoms with van der Waals surface area (Å²) in [5.41, 5.74) is 5.78. The van der Waals surface area contributed by atoms with E-state index in [4.69, 9.17) is 20.3 Å². The van der Waals surface area contributed by atoms with Crippen LogP contribution in [0, 0.1) is 11.8 Å². The van der Waals surface area contributed by atoms with Gasteiger partial charge in [0.1, 0.15) is 24.2 Å². The van der Waals surface area contributed by atoms with Crippen LogP contribution in [0.1, 0.15) is 66.2 Å². The maximum atomic E-state index is 12.7. The summed E-state index contributed by atoms with van der Waals surface area (Å²) in [5, 5.41) is 23.1. The summed E-state index contributed by atoms with van der Waals surface area (Å²) in [4.78, 5) is 71.5. The van der Waals surface area contributed by atoms with Crippen molar-refractivity contribution >= 4 is 35.8 Å². The highest BCUT2D eigenvalue weighted by Gasteiger charge is 2.36. The first-order valence-corrected chi connectivity index (χ1v) is 13.5. The number of nitrogens with two attached hydrogens (primary N) is 1. The topological polar surface area (TPSA) is 215 Å². The number of nitrogens with one attached hydrogen (secondary N) is 2. The number of rotatable bonds is 13.